The Balaban J connectivity index is 2.31. The summed E-state index contributed by atoms with van der Waals surface area (Å²) in [6, 6.07) is 2.16. The van der Waals surface area contributed by atoms with Gasteiger partial charge in [-0.1, -0.05) is 25.9 Å². The van der Waals surface area contributed by atoms with Gasteiger partial charge in [-0.05, 0) is 12.1 Å². The maximum absolute atomic E-state index is 12.4. The second kappa shape index (κ2) is 4.32. The highest BCUT2D eigenvalue weighted by molar-refractivity contribution is 5.48. The molecule has 0 atom stereocenters. The predicted molar refractivity (Wildman–Crippen MR) is 61.2 cm³/mol. The van der Waals surface area contributed by atoms with Crippen LogP contribution in [0.3, 0.4) is 0 Å². The molecule has 2 rings (SSSR count). The highest BCUT2D eigenvalue weighted by Crippen LogP contribution is 2.29. The first-order valence-corrected chi connectivity index (χ1v) is 5.56. The van der Waals surface area contributed by atoms with Crippen LogP contribution in [0, 0.1) is 0 Å². The minimum absolute atomic E-state index is 0.179. The molecule has 102 valence electrons. The topological polar surface area (TPSA) is 51.8 Å². The van der Waals surface area contributed by atoms with Crippen molar-refractivity contribution < 1.29 is 17.7 Å². The summed E-state index contributed by atoms with van der Waals surface area (Å²) in [7, 11) is 0. The number of pyridine rings is 1. The highest BCUT2D eigenvalue weighted by Gasteiger charge is 2.31. The molecule has 2 aromatic rings. The molecule has 19 heavy (non-hydrogen) atoms. The fraction of sp³-hybridized carbons (Fsp3) is 0.417. The molecule has 0 aromatic carbocycles. The smallest absolute Gasteiger partial charge is 0.338 e. The zero-order valence-corrected chi connectivity index (χ0v) is 10.6. The summed E-state index contributed by atoms with van der Waals surface area (Å²) in [5.74, 6) is 0.586. The van der Waals surface area contributed by atoms with Crippen LogP contribution in [0.25, 0.3) is 11.5 Å². The maximum Gasteiger partial charge on any atom is 0.417 e. The lowest BCUT2D eigenvalue weighted by Crippen LogP contribution is -2.11. The molecule has 0 unspecified atom stereocenters. The summed E-state index contributed by atoms with van der Waals surface area (Å²) in [5.41, 5.74) is -0.889. The highest BCUT2D eigenvalue weighted by atomic mass is 19.4. The number of rotatable bonds is 1. The van der Waals surface area contributed by atoms with Gasteiger partial charge in [0.25, 0.3) is 0 Å². The molecule has 0 aliphatic carbocycles. The lowest BCUT2D eigenvalue weighted by atomic mass is 9.97. The van der Waals surface area contributed by atoms with Crippen LogP contribution in [0.2, 0.25) is 0 Å². The molecule has 0 fully saturated rings. The summed E-state index contributed by atoms with van der Waals surface area (Å²) in [6.07, 6.45) is -3.65. The van der Waals surface area contributed by atoms with Crippen LogP contribution in [-0.4, -0.2) is 15.1 Å². The van der Waals surface area contributed by atoms with Gasteiger partial charge in [0.15, 0.2) is 0 Å². The summed E-state index contributed by atoms with van der Waals surface area (Å²) >= 11 is 0. The Hall–Kier alpha value is -1.92. The van der Waals surface area contributed by atoms with Crippen LogP contribution in [0.1, 0.15) is 32.2 Å². The number of hydrogen-bond donors (Lipinski definition) is 0. The van der Waals surface area contributed by atoms with Gasteiger partial charge in [0, 0.05) is 11.6 Å². The fourth-order valence-electron chi connectivity index (χ4n) is 1.33. The summed E-state index contributed by atoms with van der Waals surface area (Å²) in [6.45, 7) is 5.68. The molecule has 0 saturated heterocycles. The van der Waals surface area contributed by atoms with Gasteiger partial charge in [-0.3, -0.25) is 4.98 Å². The average Bonchev–Trinajstić information content (AvgIpc) is 2.77. The fourth-order valence-corrected chi connectivity index (χ4v) is 1.33. The van der Waals surface area contributed by atoms with E-state index in [0.29, 0.717) is 5.89 Å². The van der Waals surface area contributed by atoms with Crippen molar-refractivity contribution in [1.82, 2.24) is 15.1 Å². The lowest BCUT2D eigenvalue weighted by Gasteiger charge is -2.10. The van der Waals surface area contributed by atoms with Crippen molar-refractivity contribution in [3.05, 3.63) is 29.8 Å². The molecule has 0 radical (unpaired) electrons. The average molecular weight is 271 g/mol. The van der Waals surface area contributed by atoms with E-state index in [9.17, 15) is 13.2 Å². The van der Waals surface area contributed by atoms with Crippen LogP contribution in [0.5, 0.6) is 0 Å². The molecule has 7 heteroatoms. The first-order chi connectivity index (χ1) is 8.68. The third-order valence-electron chi connectivity index (χ3n) is 2.39. The van der Waals surface area contributed by atoms with E-state index in [1.807, 2.05) is 20.8 Å². The third kappa shape index (κ3) is 2.91. The molecule has 0 bridgehead atoms. The summed E-state index contributed by atoms with van der Waals surface area (Å²) in [4.78, 5) is 7.83. The molecule has 0 N–H and O–H groups in total. The van der Waals surface area contributed by atoms with Crippen LogP contribution in [-0.2, 0) is 11.6 Å². The minimum atomic E-state index is -4.40. The SMILES string of the molecule is CC(C)(C)c1nc(-c2ccc(C(F)(F)F)cn2)no1. The minimum Gasteiger partial charge on any atom is -0.338 e. The Labute approximate surface area is 107 Å². The van der Waals surface area contributed by atoms with Crippen molar-refractivity contribution in [2.45, 2.75) is 32.4 Å². The summed E-state index contributed by atoms with van der Waals surface area (Å²) in [5, 5.41) is 3.71. The monoisotopic (exact) mass is 271 g/mol. The Bertz CT molecular complexity index is 567. The molecule has 2 heterocycles. The molecule has 2 aromatic heterocycles. The third-order valence-corrected chi connectivity index (χ3v) is 2.39. The van der Waals surface area contributed by atoms with E-state index in [-0.39, 0.29) is 16.9 Å². The number of aromatic nitrogens is 3. The lowest BCUT2D eigenvalue weighted by molar-refractivity contribution is -0.137. The molecular weight excluding hydrogens is 259 g/mol. The molecule has 0 aliphatic heterocycles. The van der Waals surface area contributed by atoms with Crippen molar-refractivity contribution in [1.29, 1.82) is 0 Å². The Kier molecular flexibility index (Phi) is 3.07. The van der Waals surface area contributed by atoms with Crippen molar-refractivity contribution in [2.24, 2.45) is 0 Å². The van der Waals surface area contributed by atoms with Crippen molar-refractivity contribution in [2.75, 3.05) is 0 Å². The Morgan fingerprint density at radius 1 is 1.11 bits per heavy atom. The first-order valence-electron chi connectivity index (χ1n) is 5.56. The van der Waals surface area contributed by atoms with Gasteiger partial charge in [0.05, 0.1) is 5.56 Å². The van der Waals surface area contributed by atoms with Crippen LogP contribution < -0.4 is 0 Å². The van der Waals surface area contributed by atoms with E-state index in [4.69, 9.17) is 4.52 Å². The number of hydrogen-bond acceptors (Lipinski definition) is 4. The summed E-state index contributed by atoms with van der Waals surface area (Å²) < 4.78 is 42.2. The number of halogens is 3. The van der Waals surface area contributed by atoms with Gasteiger partial charge >= 0.3 is 6.18 Å². The Morgan fingerprint density at radius 3 is 2.21 bits per heavy atom. The molecule has 0 spiro atoms. The zero-order valence-electron chi connectivity index (χ0n) is 10.6. The predicted octanol–water partition coefficient (Wildman–Crippen LogP) is 3.45. The molecule has 0 amide bonds. The Morgan fingerprint density at radius 2 is 1.79 bits per heavy atom. The van der Waals surface area contributed by atoms with Gasteiger partial charge in [-0.15, -0.1) is 0 Å². The standard InChI is InChI=1S/C12H12F3N3O/c1-11(2,3)10-17-9(18-19-10)8-5-4-7(6-16-8)12(13,14)15/h4-6H,1-3H3. The van der Waals surface area contributed by atoms with Crippen molar-refractivity contribution >= 4 is 0 Å². The first kappa shape index (κ1) is 13.5. The maximum atomic E-state index is 12.4. The molecule has 0 saturated carbocycles. The van der Waals surface area contributed by atoms with Gasteiger partial charge in [-0.2, -0.15) is 18.2 Å². The number of alkyl halides is 3. The van der Waals surface area contributed by atoms with Gasteiger partial charge in [0.1, 0.15) is 5.69 Å². The van der Waals surface area contributed by atoms with Crippen molar-refractivity contribution in [3.63, 3.8) is 0 Å². The molecular formula is C12H12F3N3O. The molecule has 0 aliphatic rings. The zero-order chi connectivity index (χ0) is 14.3. The van der Waals surface area contributed by atoms with Crippen LogP contribution in [0.15, 0.2) is 22.9 Å². The largest absolute Gasteiger partial charge is 0.417 e. The van der Waals surface area contributed by atoms with Crippen LogP contribution in [0.4, 0.5) is 13.2 Å². The van der Waals surface area contributed by atoms with Gasteiger partial charge < -0.3 is 4.52 Å². The van der Waals surface area contributed by atoms with Crippen molar-refractivity contribution in [3.8, 4) is 11.5 Å². The normalized spacial score (nSPS) is 12.7. The quantitative estimate of drug-likeness (QED) is 0.797. The van der Waals surface area contributed by atoms with Gasteiger partial charge in [-0.25, -0.2) is 0 Å². The van der Waals surface area contributed by atoms with E-state index in [1.165, 1.54) is 6.07 Å². The van der Waals surface area contributed by atoms with E-state index >= 15 is 0 Å². The van der Waals surface area contributed by atoms with Gasteiger partial charge in [0.2, 0.25) is 11.7 Å². The molecule has 4 nitrogen and oxygen atoms in total. The number of nitrogens with zero attached hydrogens (tertiary/aromatic N) is 3. The van der Waals surface area contributed by atoms with E-state index in [0.717, 1.165) is 12.3 Å². The van der Waals surface area contributed by atoms with E-state index < -0.39 is 11.7 Å². The second-order valence-electron chi connectivity index (χ2n) is 5.10. The van der Waals surface area contributed by atoms with E-state index in [1.54, 1.807) is 0 Å². The second-order valence-corrected chi connectivity index (χ2v) is 5.10. The van der Waals surface area contributed by atoms with Crippen LogP contribution >= 0.6 is 0 Å². The van der Waals surface area contributed by atoms with E-state index in [2.05, 4.69) is 15.1 Å².